The fraction of sp³-hybridized carbons (Fsp3) is 0.368. The molecule has 2 aromatic heterocycles. The maximum atomic E-state index is 12.6. The Labute approximate surface area is 150 Å². The molecule has 3 aromatic rings. The molecule has 7 nitrogen and oxygen atoms in total. The molecule has 0 aliphatic heterocycles. The first-order valence-corrected chi connectivity index (χ1v) is 8.96. The summed E-state index contributed by atoms with van der Waals surface area (Å²) in [4.78, 5) is 28.0. The Kier molecular flexibility index (Phi) is 4.28. The molecular weight excluding hydrogens is 330 g/mol. The van der Waals surface area contributed by atoms with Crippen molar-refractivity contribution in [2.45, 2.75) is 38.6 Å². The first kappa shape index (κ1) is 16.5. The summed E-state index contributed by atoms with van der Waals surface area (Å²) < 4.78 is 1.37. The van der Waals surface area contributed by atoms with Gasteiger partial charge in [-0.2, -0.15) is 0 Å². The van der Waals surface area contributed by atoms with Gasteiger partial charge in [-0.05, 0) is 37.2 Å². The molecule has 0 radical (unpaired) electrons. The molecule has 0 atom stereocenters. The van der Waals surface area contributed by atoms with Crippen LogP contribution in [0.25, 0.3) is 16.8 Å². The minimum Gasteiger partial charge on any atom is -0.348 e. The summed E-state index contributed by atoms with van der Waals surface area (Å²) in [5.41, 5.74) is 1.36. The third-order valence-electron chi connectivity index (χ3n) is 5.06. The van der Waals surface area contributed by atoms with E-state index in [1.54, 1.807) is 6.20 Å². The molecule has 1 amide bonds. The van der Waals surface area contributed by atoms with Gasteiger partial charge in [-0.1, -0.05) is 42.5 Å². The van der Waals surface area contributed by atoms with Crippen LogP contribution in [0.1, 0.15) is 43.1 Å². The van der Waals surface area contributed by atoms with Gasteiger partial charge in [-0.3, -0.25) is 9.59 Å². The molecule has 1 saturated carbocycles. The van der Waals surface area contributed by atoms with E-state index in [4.69, 9.17) is 0 Å². The number of nitrogens with one attached hydrogen (secondary N) is 2. The second kappa shape index (κ2) is 6.74. The van der Waals surface area contributed by atoms with Crippen LogP contribution >= 0.6 is 0 Å². The summed E-state index contributed by atoms with van der Waals surface area (Å²) in [6.45, 7) is 2.23. The molecule has 26 heavy (non-hydrogen) atoms. The van der Waals surface area contributed by atoms with Gasteiger partial charge in [0.25, 0.3) is 11.5 Å². The van der Waals surface area contributed by atoms with Crippen LogP contribution in [0.3, 0.4) is 0 Å². The number of H-pyrrole nitrogens is 1. The number of nitrogens with zero attached hydrogens (tertiary/aromatic N) is 3. The molecule has 134 valence electrons. The van der Waals surface area contributed by atoms with E-state index in [0.717, 1.165) is 31.2 Å². The van der Waals surface area contributed by atoms with Crippen LogP contribution in [0.15, 0.2) is 41.3 Å². The van der Waals surface area contributed by atoms with Crippen LogP contribution in [0.5, 0.6) is 0 Å². The van der Waals surface area contributed by atoms with Crippen molar-refractivity contribution in [2.24, 2.45) is 5.92 Å². The average Bonchev–Trinajstić information content (AvgIpc) is 3.09. The maximum Gasteiger partial charge on any atom is 0.276 e. The molecule has 0 bridgehead atoms. The van der Waals surface area contributed by atoms with Crippen LogP contribution in [-0.4, -0.2) is 31.8 Å². The Bertz CT molecular complexity index is 984. The molecule has 1 aromatic carbocycles. The van der Waals surface area contributed by atoms with E-state index in [-0.39, 0.29) is 28.7 Å². The van der Waals surface area contributed by atoms with Gasteiger partial charge in [-0.25, -0.2) is 4.52 Å². The van der Waals surface area contributed by atoms with Crippen molar-refractivity contribution in [1.82, 2.24) is 25.1 Å². The summed E-state index contributed by atoms with van der Waals surface area (Å²) in [6.07, 6.45) is 5.81. The SMILES string of the molecule is CC1CCC(NC(=O)c2nnn3cc(-c4ccccc4)[nH]c(=O)c23)CC1. The fourth-order valence-corrected chi connectivity index (χ4v) is 3.51. The lowest BCUT2D eigenvalue weighted by atomic mass is 9.87. The van der Waals surface area contributed by atoms with Gasteiger partial charge in [-0.15, -0.1) is 5.10 Å². The van der Waals surface area contributed by atoms with Crippen molar-refractivity contribution >= 4 is 11.4 Å². The molecule has 0 unspecified atom stereocenters. The molecule has 1 aliphatic carbocycles. The number of carbonyl (C=O) groups is 1. The summed E-state index contributed by atoms with van der Waals surface area (Å²) in [6, 6.07) is 9.62. The van der Waals surface area contributed by atoms with Gasteiger partial charge in [0.05, 0.1) is 11.9 Å². The molecule has 4 rings (SSSR count). The highest BCUT2D eigenvalue weighted by molar-refractivity contribution is 5.98. The number of aromatic nitrogens is 4. The fourth-order valence-electron chi connectivity index (χ4n) is 3.51. The van der Waals surface area contributed by atoms with E-state index in [2.05, 4.69) is 27.5 Å². The van der Waals surface area contributed by atoms with Crippen molar-refractivity contribution in [3.05, 3.63) is 52.6 Å². The number of benzene rings is 1. The standard InChI is InChI=1S/C19H21N5O2/c1-12-7-9-14(10-8-12)20-18(25)16-17-19(26)21-15(11-24(17)23-22-16)13-5-3-2-4-6-13/h2-6,11-12,14H,7-10H2,1H3,(H,20,25)(H,21,26). The second-order valence-electron chi connectivity index (χ2n) is 7.02. The molecule has 1 aliphatic rings. The quantitative estimate of drug-likeness (QED) is 0.758. The van der Waals surface area contributed by atoms with Crippen molar-refractivity contribution < 1.29 is 4.79 Å². The van der Waals surface area contributed by atoms with Gasteiger partial charge < -0.3 is 10.3 Å². The summed E-state index contributed by atoms with van der Waals surface area (Å²) in [5, 5.41) is 10.9. The van der Waals surface area contributed by atoms with Gasteiger partial charge in [0.1, 0.15) is 0 Å². The van der Waals surface area contributed by atoms with Crippen LogP contribution < -0.4 is 10.9 Å². The zero-order valence-corrected chi connectivity index (χ0v) is 14.6. The third-order valence-corrected chi connectivity index (χ3v) is 5.06. The average molecular weight is 351 g/mol. The van der Waals surface area contributed by atoms with Crippen molar-refractivity contribution in [3.63, 3.8) is 0 Å². The normalized spacial score (nSPS) is 20.2. The lowest BCUT2D eigenvalue weighted by Gasteiger charge is -2.26. The number of rotatable bonds is 3. The summed E-state index contributed by atoms with van der Waals surface area (Å²) in [7, 11) is 0. The zero-order valence-electron chi connectivity index (χ0n) is 14.6. The van der Waals surface area contributed by atoms with E-state index in [1.807, 2.05) is 30.3 Å². The molecule has 0 spiro atoms. The highest BCUT2D eigenvalue weighted by atomic mass is 16.2. The predicted octanol–water partition coefficient (Wildman–Crippen LogP) is 2.39. The topological polar surface area (TPSA) is 92.2 Å². The van der Waals surface area contributed by atoms with E-state index in [1.165, 1.54) is 4.52 Å². The van der Waals surface area contributed by atoms with Gasteiger partial charge in [0, 0.05) is 6.04 Å². The highest BCUT2D eigenvalue weighted by Crippen LogP contribution is 2.23. The molecule has 2 N–H and O–H groups in total. The lowest BCUT2D eigenvalue weighted by Crippen LogP contribution is -2.38. The summed E-state index contributed by atoms with van der Waals surface area (Å²) >= 11 is 0. The van der Waals surface area contributed by atoms with Crippen molar-refractivity contribution in [1.29, 1.82) is 0 Å². The van der Waals surface area contributed by atoms with Crippen LogP contribution in [0, 0.1) is 5.92 Å². The number of hydrogen-bond acceptors (Lipinski definition) is 4. The number of fused-ring (bicyclic) bond motifs is 1. The van der Waals surface area contributed by atoms with Gasteiger partial charge in [0.15, 0.2) is 11.2 Å². The van der Waals surface area contributed by atoms with Crippen LogP contribution in [-0.2, 0) is 0 Å². The van der Waals surface area contributed by atoms with Crippen LogP contribution in [0.2, 0.25) is 0 Å². The number of aromatic amines is 1. The summed E-state index contributed by atoms with van der Waals surface area (Å²) in [5.74, 6) is 0.370. The van der Waals surface area contributed by atoms with E-state index >= 15 is 0 Å². The Morgan fingerprint density at radius 1 is 1.19 bits per heavy atom. The number of hydrogen-bond donors (Lipinski definition) is 2. The largest absolute Gasteiger partial charge is 0.348 e. The Balaban J connectivity index is 1.63. The zero-order chi connectivity index (χ0) is 18.1. The molecule has 1 fully saturated rings. The maximum absolute atomic E-state index is 12.6. The van der Waals surface area contributed by atoms with Crippen molar-refractivity contribution in [3.8, 4) is 11.3 Å². The Morgan fingerprint density at radius 2 is 1.92 bits per heavy atom. The Morgan fingerprint density at radius 3 is 2.65 bits per heavy atom. The molecule has 7 heteroatoms. The predicted molar refractivity (Wildman–Crippen MR) is 97.9 cm³/mol. The highest BCUT2D eigenvalue weighted by Gasteiger charge is 2.24. The van der Waals surface area contributed by atoms with Crippen molar-refractivity contribution in [2.75, 3.05) is 0 Å². The molecular formula is C19H21N5O2. The van der Waals surface area contributed by atoms with E-state index in [0.29, 0.717) is 11.6 Å². The van der Waals surface area contributed by atoms with Crippen LogP contribution in [0.4, 0.5) is 0 Å². The minimum atomic E-state index is -0.376. The first-order valence-electron chi connectivity index (χ1n) is 8.96. The smallest absolute Gasteiger partial charge is 0.276 e. The van der Waals surface area contributed by atoms with E-state index in [9.17, 15) is 9.59 Å². The third kappa shape index (κ3) is 3.12. The number of amides is 1. The van der Waals surface area contributed by atoms with E-state index < -0.39 is 0 Å². The first-order chi connectivity index (χ1) is 12.6. The molecule has 2 heterocycles. The number of carbonyl (C=O) groups excluding carboxylic acids is 1. The lowest BCUT2D eigenvalue weighted by molar-refractivity contribution is 0.0919. The monoisotopic (exact) mass is 351 g/mol. The minimum absolute atomic E-state index is 0.0736. The van der Waals surface area contributed by atoms with Gasteiger partial charge in [0.2, 0.25) is 0 Å². The van der Waals surface area contributed by atoms with Gasteiger partial charge >= 0.3 is 0 Å². The molecule has 0 saturated heterocycles. The Hall–Kier alpha value is -2.96. The second-order valence-corrected chi connectivity index (χ2v) is 7.02.